The number of hydrogen-bond donors (Lipinski definition) is 2. The molecule has 0 atom stereocenters. The van der Waals surface area contributed by atoms with E-state index in [1.165, 1.54) is 0 Å². The van der Waals surface area contributed by atoms with Gasteiger partial charge in [0.15, 0.2) is 11.6 Å². The molecule has 0 saturated carbocycles. The van der Waals surface area contributed by atoms with Crippen LogP contribution in [0.1, 0.15) is 11.5 Å². The maximum atomic E-state index is 6.08. The summed E-state index contributed by atoms with van der Waals surface area (Å²) in [5, 5.41) is 15.9. The zero-order valence-electron chi connectivity index (χ0n) is 14.0. The van der Waals surface area contributed by atoms with Crippen molar-refractivity contribution >= 4 is 34.8 Å². The molecule has 0 amide bonds. The van der Waals surface area contributed by atoms with Crippen LogP contribution in [0.5, 0.6) is 0 Å². The molecule has 3 rings (SSSR count). The monoisotopic (exact) mass is 379 g/mol. The number of fused-ring (bicyclic) bond motifs is 1. The van der Waals surface area contributed by atoms with Crippen molar-refractivity contribution in [3.8, 4) is 0 Å². The quantitative estimate of drug-likeness (QED) is 0.526. The molecule has 0 aliphatic rings. The first kappa shape index (κ1) is 17.6. The number of nitrogens with one attached hydrogen (secondary N) is 2. The van der Waals surface area contributed by atoms with E-state index in [0.29, 0.717) is 29.2 Å². The lowest BCUT2D eigenvalue weighted by Gasteiger charge is -2.12. The minimum Gasteiger partial charge on any atom is -0.356 e. The summed E-state index contributed by atoms with van der Waals surface area (Å²) in [4.78, 5) is 4.22. The molecular formula is C16H19Cl2N7. The molecule has 0 bridgehead atoms. The maximum absolute atomic E-state index is 6.08. The highest BCUT2D eigenvalue weighted by Crippen LogP contribution is 2.24. The van der Waals surface area contributed by atoms with Crippen molar-refractivity contribution in [3.63, 3.8) is 0 Å². The maximum Gasteiger partial charge on any atom is 0.191 e. The summed E-state index contributed by atoms with van der Waals surface area (Å²) >= 11 is 12.1. The lowest BCUT2D eigenvalue weighted by molar-refractivity contribution is 0.734. The molecule has 7 nitrogen and oxygen atoms in total. The van der Waals surface area contributed by atoms with E-state index in [4.69, 9.17) is 23.2 Å². The van der Waals surface area contributed by atoms with Gasteiger partial charge in [-0.3, -0.25) is 9.39 Å². The fraction of sp³-hybridized carbons (Fsp3) is 0.312. The fourth-order valence-corrected chi connectivity index (χ4v) is 2.92. The SMILES string of the molecule is CN=C(NCCc1nnc2ccccn12)NCc1cc(Cl)c(Cl)n1C. The van der Waals surface area contributed by atoms with Crippen LogP contribution in [-0.2, 0) is 20.0 Å². The third kappa shape index (κ3) is 3.88. The van der Waals surface area contributed by atoms with E-state index in [2.05, 4.69) is 25.8 Å². The Labute approximate surface area is 155 Å². The van der Waals surface area contributed by atoms with Crippen LogP contribution in [-0.4, -0.2) is 38.7 Å². The molecule has 0 aromatic carbocycles. The van der Waals surface area contributed by atoms with Crippen LogP contribution >= 0.6 is 23.2 Å². The Morgan fingerprint density at radius 2 is 2.08 bits per heavy atom. The van der Waals surface area contributed by atoms with E-state index in [1.807, 2.05) is 46.5 Å². The topological polar surface area (TPSA) is 71.5 Å². The van der Waals surface area contributed by atoms with Crippen molar-refractivity contribution in [2.75, 3.05) is 13.6 Å². The average Bonchev–Trinajstić information content (AvgIpc) is 3.14. The van der Waals surface area contributed by atoms with Crippen LogP contribution in [0, 0.1) is 0 Å². The summed E-state index contributed by atoms with van der Waals surface area (Å²) in [7, 11) is 3.60. The first-order valence-electron chi connectivity index (χ1n) is 7.83. The predicted octanol–water partition coefficient (Wildman–Crippen LogP) is 2.28. The highest BCUT2D eigenvalue weighted by molar-refractivity contribution is 6.41. The fourth-order valence-electron chi connectivity index (χ4n) is 2.51. The molecule has 0 spiro atoms. The molecule has 0 radical (unpaired) electrons. The van der Waals surface area contributed by atoms with Crippen molar-refractivity contribution in [2.45, 2.75) is 13.0 Å². The van der Waals surface area contributed by atoms with Crippen LogP contribution in [0.25, 0.3) is 5.65 Å². The van der Waals surface area contributed by atoms with Gasteiger partial charge in [-0.15, -0.1) is 10.2 Å². The second-order valence-corrected chi connectivity index (χ2v) is 6.25. The number of aliphatic imine (C=N–C) groups is 1. The molecule has 132 valence electrons. The van der Waals surface area contributed by atoms with Crippen LogP contribution in [0.4, 0.5) is 0 Å². The van der Waals surface area contributed by atoms with Gasteiger partial charge in [-0.05, 0) is 18.2 Å². The van der Waals surface area contributed by atoms with E-state index in [0.717, 1.165) is 23.6 Å². The van der Waals surface area contributed by atoms with Crippen molar-refractivity contribution in [3.05, 3.63) is 52.2 Å². The molecule has 2 N–H and O–H groups in total. The van der Waals surface area contributed by atoms with Gasteiger partial charge in [0.1, 0.15) is 11.0 Å². The Morgan fingerprint density at radius 3 is 2.80 bits per heavy atom. The third-order valence-corrected chi connectivity index (χ3v) is 4.74. The number of guanidine groups is 1. The Kier molecular flexibility index (Phi) is 5.45. The third-order valence-electron chi connectivity index (χ3n) is 3.90. The summed E-state index contributed by atoms with van der Waals surface area (Å²) in [5.41, 5.74) is 1.82. The predicted molar refractivity (Wildman–Crippen MR) is 100 cm³/mol. The first-order valence-corrected chi connectivity index (χ1v) is 8.58. The van der Waals surface area contributed by atoms with Crippen LogP contribution in [0.15, 0.2) is 35.5 Å². The number of nitrogens with zero attached hydrogens (tertiary/aromatic N) is 5. The second-order valence-electron chi connectivity index (χ2n) is 5.48. The molecule has 3 aromatic heterocycles. The Bertz CT molecular complexity index is 897. The van der Waals surface area contributed by atoms with E-state index in [1.54, 1.807) is 7.05 Å². The Balaban J connectivity index is 1.53. The van der Waals surface area contributed by atoms with Crippen molar-refractivity contribution in [1.82, 2.24) is 29.8 Å². The largest absolute Gasteiger partial charge is 0.356 e. The molecule has 0 fully saturated rings. The zero-order valence-corrected chi connectivity index (χ0v) is 15.5. The minimum atomic E-state index is 0.528. The van der Waals surface area contributed by atoms with E-state index >= 15 is 0 Å². The van der Waals surface area contributed by atoms with Crippen molar-refractivity contribution in [2.24, 2.45) is 12.0 Å². The van der Waals surface area contributed by atoms with Gasteiger partial charge < -0.3 is 15.2 Å². The van der Waals surface area contributed by atoms with E-state index < -0.39 is 0 Å². The van der Waals surface area contributed by atoms with Gasteiger partial charge in [0, 0.05) is 39.0 Å². The van der Waals surface area contributed by atoms with Crippen LogP contribution in [0.3, 0.4) is 0 Å². The summed E-state index contributed by atoms with van der Waals surface area (Å²) in [5.74, 6) is 1.60. The molecule has 0 unspecified atom stereocenters. The van der Waals surface area contributed by atoms with Gasteiger partial charge in [-0.1, -0.05) is 29.3 Å². The molecule has 9 heteroatoms. The van der Waals surface area contributed by atoms with Crippen LogP contribution in [0.2, 0.25) is 10.2 Å². The summed E-state index contributed by atoms with van der Waals surface area (Å²) < 4.78 is 3.82. The first-order chi connectivity index (χ1) is 12.1. The standard InChI is InChI=1S/C16H19Cl2N7/c1-19-16(21-10-11-9-12(17)15(18)24(11)2)20-7-6-14-23-22-13-5-3-4-8-25(13)14/h3-5,8-9H,6-7,10H2,1-2H3,(H2,19,20,21). The highest BCUT2D eigenvalue weighted by atomic mass is 35.5. The highest BCUT2D eigenvalue weighted by Gasteiger charge is 2.09. The summed E-state index contributed by atoms with van der Waals surface area (Å²) in [6.45, 7) is 1.25. The molecule has 0 aliphatic heterocycles. The minimum absolute atomic E-state index is 0.528. The number of hydrogen-bond acceptors (Lipinski definition) is 3. The zero-order chi connectivity index (χ0) is 17.8. The molecule has 3 aromatic rings. The molecule has 25 heavy (non-hydrogen) atoms. The molecule has 0 saturated heterocycles. The Hall–Kier alpha value is -2.25. The average molecular weight is 380 g/mol. The van der Waals surface area contributed by atoms with Crippen molar-refractivity contribution < 1.29 is 0 Å². The summed E-state index contributed by atoms with van der Waals surface area (Å²) in [6, 6.07) is 7.68. The number of halogens is 2. The summed E-state index contributed by atoms with van der Waals surface area (Å²) in [6.07, 6.45) is 2.69. The van der Waals surface area contributed by atoms with E-state index in [9.17, 15) is 0 Å². The second kappa shape index (κ2) is 7.76. The Morgan fingerprint density at radius 1 is 1.24 bits per heavy atom. The normalized spacial score (nSPS) is 11.9. The van der Waals surface area contributed by atoms with Gasteiger partial charge in [0.2, 0.25) is 0 Å². The lowest BCUT2D eigenvalue weighted by atomic mass is 10.4. The molecule has 0 aliphatic carbocycles. The number of rotatable bonds is 5. The van der Waals surface area contributed by atoms with E-state index in [-0.39, 0.29) is 0 Å². The van der Waals surface area contributed by atoms with Gasteiger partial charge in [0.05, 0.1) is 11.6 Å². The van der Waals surface area contributed by atoms with Gasteiger partial charge >= 0.3 is 0 Å². The van der Waals surface area contributed by atoms with Gasteiger partial charge in [-0.25, -0.2) is 0 Å². The van der Waals surface area contributed by atoms with Gasteiger partial charge in [0.25, 0.3) is 0 Å². The lowest BCUT2D eigenvalue weighted by Crippen LogP contribution is -2.38. The van der Waals surface area contributed by atoms with Gasteiger partial charge in [-0.2, -0.15) is 0 Å². The number of pyridine rings is 1. The molecule has 3 heterocycles. The van der Waals surface area contributed by atoms with Crippen molar-refractivity contribution in [1.29, 1.82) is 0 Å². The number of aromatic nitrogens is 4. The van der Waals surface area contributed by atoms with Crippen LogP contribution < -0.4 is 10.6 Å². The molecular weight excluding hydrogens is 361 g/mol. The smallest absolute Gasteiger partial charge is 0.191 e.